The van der Waals surface area contributed by atoms with Crippen LogP contribution in [0.15, 0.2) is 53.4 Å². The van der Waals surface area contributed by atoms with Gasteiger partial charge in [0.25, 0.3) is 15.9 Å². The zero-order chi connectivity index (χ0) is 38.1. The highest BCUT2D eigenvalue weighted by Crippen LogP contribution is 2.62. The summed E-state index contributed by atoms with van der Waals surface area (Å²) in [6, 6.07) is 10.8. The van der Waals surface area contributed by atoms with Crippen LogP contribution >= 0.6 is 0 Å². The Kier molecular flexibility index (Phi) is 9.27. The third-order valence-electron chi connectivity index (χ3n) is 11.6. The van der Waals surface area contributed by atoms with Crippen molar-refractivity contribution in [3.05, 3.63) is 65.2 Å². The number of carbonyl (C=O) groups excluding carboxylic acids is 1. The molecule has 16 heteroatoms. The summed E-state index contributed by atoms with van der Waals surface area (Å²) >= 11 is 0. The van der Waals surface area contributed by atoms with Crippen molar-refractivity contribution in [3.8, 4) is 17.1 Å². The number of sulfonamides is 1. The topological polar surface area (TPSA) is 105 Å². The fourth-order valence-electron chi connectivity index (χ4n) is 8.48. The van der Waals surface area contributed by atoms with E-state index < -0.39 is 58.6 Å². The number of ether oxygens (including phenoxy) is 1. The lowest BCUT2D eigenvalue weighted by Crippen LogP contribution is -2.64. The lowest BCUT2D eigenvalue weighted by molar-refractivity contribution is -0.195. The van der Waals surface area contributed by atoms with E-state index in [2.05, 4.69) is 14.7 Å². The molecule has 1 aliphatic heterocycles. The molecule has 1 amide bonds. The van der Waals surface area contributed by atoms with Crippen molar-refractivity contribution in [3.63, 3.8) is 0 Å². The Morgan fingerprint density at radius 2 is 1.62 bits per heavy atom. The highest BCUT2D eigenvalue weighted by atomic mass is 32.2. The van der Waals surface area contributed by atoms with Crippen LogP contribution in [0.3, 0.4) is 0 Å². The molecule has 2 heterocycles. The van der Waals surface area contributed by atoms with Gasteiger partial charge in [0, 0.05) is 35.8 Å². The average Bonchev–Trinajstić information content (AvgIpc) is 3.83. The van der Waals surface area contributed by atoms with Gasteiger partial charge in [-0.3, -0.25) is 4.79 Å². The van der Waals surface area contributed by atoms with Crippen LogP contribution < -0.4 is 9.46 Å². The number of amides is 1. The Morgan fingerprint density at radius 1 is 0.962 bits per heavy atom. The van der Waals surface area contributed by atoms with E-state index in [9.17, 15) is 39.6 Å². The van der Waals surface area contributed by atoms with Gasteiger partial charge in [-0.2, -0.15) is 31.3 Å². The van der Waals surface area contributed by atoms with Crippen LogP contribution in [-0.2, 0) is 10.0 Å². The number of nitrogens with one attached hydrogen (secondary N) is 1. The molecular weight excluding hydrogens is 724 g/mol. The quantitative estimate of drug-likeness (QED) is 0.246. The maximum absolute atomic E-state index is 14.5. The number of halogens is 6. The Bertz CT molecular complexity index is 1980. The Morgan fingerprint density at radius 3 is 2.25 bits per heavy atom. The second-order valence-electron chi connectivity index (χ2n) is 15.4. The van der Waals surface area contributed by atoms with E-state index in [0.29, 0.717) is 36.9 Å². The summed E-state index contributed by atoms with van der Waals surface area (Å²) in [5, 5.41) is 0. The van der Waals surface area contributed by atoms with E-state index in [1.54, 1.807) is 11.9 Å². The van der Waals surface area contributed by atoms with Crippen molar-refractivity contribution < 1.29 is 44.3 Å². The van der Waals surface area contributed by atoms with E-state index >= 15 is 0 Å². The van der Waals surface area contributed by atoms with Crippen molar-refractivity contribution in [1.29, 1.82) is 0 Å². The van der Waals surface area contributed by atoms with Crippen LogP contribution in [0.4, 0.5) is 32.3 Å². The predicted molar refractivity (Wildman–Crippen MR) is 184 cm³/mol. The maximum atomic E-state index is 14.5. The molecule has 4 aliphatic rings. The van der Waals surface area contributed by atoms with Crippen molar-refractivity contribution >= 4 is 21.9 Å². The second-order valence-corrected chi connectivity index (χ2v) is 17.1. The third kappa shape index (κ3) is 7.45. The first kappa shape index (κ1) is 37.4. The highest BCUT2D eigenvalue weighted by Gasteiger charge is 2.65. The molecule has 0 radical (unpaired) electrons. The Balaban J connectivity index is 1.25. The maximum Gasteiger partial charge on any atom is 0.394 e. The number of hydrogen-bond acceptors (Lipinski definition) is 7. The van der Waals surface area contributed by atoms with Crippen LogP contribution in [-0.4, -0.2) is 84.8 Å². The minimum Gasteiger partial charge on any atom is -0.475 e. The molecule has 3 fully saturated rings. The minimum atomic E-state index is -4.53. The zero-order valence-corrected chi connectivity index (χ0v) is 30.3. The van der Waals surface area contributed by atoms with E-state index in [1.165, 1.54) is 35.2 Å². The lowest BCUT2D eigenvalue weighted by atomic mass is 9.51. The first-order valence-electron chi connectivity index (χ1n) is 17.6. The SMILES string of the molecule is Cc1cccc(C)c1-c1cc2nc(n1)NS(=O)(=O)c1cccc(c1)C(=O)N([C@H]1CC3(C[C@H](N(C)CCC(F)(F)F)C3)C1)[C@H](CC1(C(F)(F)F)CC1)CO2. The minimum absolute atomic E-state index is 0.0165. The first-order valence-corrected chi connectivity index (χ1v) is 19.1. The number of anilines is 1. The molecule has 0 unspecified atom stereocenters. The standard InChI is InChI=1S/C37H41F6N5O4S/c1-22-6-4-7-23(2)31(22)29-15-30-45-33(44-29)46-53(50,51)28-9-5-8-24(14-28)32(49)48(27(21-52-30)20-35(10-11-35)37(41,42)43)26-18-34(19-26)16-25(17-34)47(3)13-12-36(38,39)40/h4-9,14-15,25-27H,10-13,16-21H2,1-3H3,(H,44,45,46)/t25-,26-,27-,34?/m1/s1. The number of nitrogens with zero attached hydrogens (tertiary/aromatic N) is 4. The third-order valence-corrected chi connectivity index (χ3v) is 13.0. The van der Waals surface area contributed by atoms with Gasteiger partial charge in [0.1, 0.15) is 6.61 Å². The van der Waals surface area contributed by atoms with Crippen LogP contribution in [0, 0.1) is 24.7 Å². The molecule has 4 bridgehead atoms. The summed E-state index contributed by atoms with van der Waals surface area (Å²) < 4.78 is 118. The van der Waals surface area contributed by atoms with Crippen LogP contribution in [0.2, 0.25) is 0 Å². The van der Waals surface area contributed by atoms with Crippen LogP contribution in [0.1, 0.15) is 72.9 Å². The van der Waals surface area contributed by atoms with Crippen LogP contribution in [0.25, 0.3) is 11.3 Å². The fraction of sp³-hybridized carbons (Fsp3) is 0.541. The molecule has 1 atom stereocenters. The van der Waals surface area contributed by atoms with Gasteiger partial charge in [0.2, 0.25) is 11.8 Å². The van der Waals surface area contributed by atoms with E-state index in [1.807, 2.05) is 32.0 Å². The van der Waals surface area contributed by atoms with Gasteiger partial charge in [0.05, 0.1) is 28.5 Å². The predicted octanol–water partition coefficient (Wildman–Crippen LogP) is 7.69. The van der Waals surface area contributed by atoms with Gasteiger partial charge in [-0.25, -0.2) is 18.1 Å². The lowest BCUT2D eigenvalue weighted by Gasteiger charge is -2.62. The molecule has 3 saturated carbocycles. The highest BCUT2D eigenvalue weighted by molar-refractivity contribution is 7.92. The number of hydrogen-bond donors (Lipinski definition) is 1. The summed E-state index contributed by atoms with van der Waals surface area (Å²) in [7, 11) is -2.69. The molecule has 1 N–H and O–H groups in total. The molecule has 3 aliphatic carbocycles. The molecular formula is C37H41F6N5O4S. The molecule has 2 aromatic carbocycles. The number of carbonyl (C=O) groups is 1. The fourth-order valence-corrected chi connectivity index (χ4v) is 9.47. The normalized spacial score (nSPS) is 26.3. The molecule has 9 nitrogen and oxygen atoms in total. The smallest absolute Gasteiger partial charge is 0.394 e. The van der Waals surface area contributed by atoms with E-state index in [-0.39, 0.29) is 59.7 Å². The average molecular weight is 766 g/mol. The molecule has 1 spiro atoms. The van der Waals surface area contributed by atoms with Crippen molar-refractivity contribution in [2.45, 2.75) is 101 Å². The Labute approximate surface area is 304 Å². The summed E-state index contributed by atoms with van der Waals surface area (Å²) in [6.07, 6.45) is -8.22. The molecule has 1 aromatic heterocycles. The van der Waals surface area contributed by atoms with Crippen molar-refractivity contribution in [2.75, 3.05) is 24.9 Å². The second kappa shape index (κ2) is 13.1. The molecule has 286 valence electrons. The number of aryl methyl sites for hydroxylation is 2. The summed E-state index contributed by atoms with van der Waals surface area (Å²) in [5.41, 5.74) is 0.443. The number of alkyl halides is 6. The number of benzene rings is 2. The first-order chi connectivity index (χ1) is 24.8. The summed E-state index contributed by atoms with van der Waals surface area (Å²) in [4.78, 5) is 26.2. The number of fused-ring (bicyclic) bond motifs is 4. The zero-order valence-electron chi connectivity index (χ0n) is 29.5. The molecule has 3 aromatic rings. The van der Waals surface area contributed by atoms with Crippen LogP contribution in [0.5, 0.6) is 5.88 Å². The van der Waals surface area contributed by atoms with E-state index in [4.69, 9.17) is 4.74 Å². The van der Waals surface area contributed by atoms with Gasteiger partial charge in [-0.15, -0.1) is 0 Å². The number of rotatable bonds is 7. The van der Waals surface area contributed by atoms with Gasteiger partial charge >= 0.3 is 12.4 Å². The number of aromatic nitrogens is 2. The summed E-state index contributed by atoms with van der Waals surface area (Å²) in [5.74, 6) is -1.01. The van der Waals surface area contributed by atoms with Crippen molar-refractivity contribution in [2.24, 2.45) is 10.8 Å². The monoisotopic (exact) mass is 765 g/mol. The van der Waals surface area contributed by atoms with Gasteiger partial charge < -0.3 is 14.5 Å². The molecule has 0 saturated heterocycles. The van der Waals surface area contributed by atoms with Gasteiger partial charge in [0.15, 0.2) is 0 Å². The molecule has 53 heavy (non-hydrogen) atoms. The van der Waals surface area contributed by atoms with Gasteiger partial charge in [-0.05, 0) is 101 Å². The summed E-state index contributed by atoms with van der Waals surface area (Å²) in [6.45, 7) is 3.24. The largest absolute Gasteiger partial charge is 0.475 e. The van der Waals surface area contributed by atoms with Gasteiger partial charge in [-0.1, -0.05) is 24.3 Å². The Hall–Kier alpha value is -3.92. The molecule has 7 rings (SSSR count). The van der Waals surface area contributed by atoms with E-state index in [0.717, 1.165) is 11.1 Å². The van der Waals surface area contributed by atoms with Crippen molar-refractivity contribution in [1.82, 2.24) is 19.8 Å².